The lowest BCUT2D eigenvalue weighted by atomic mass is 9.94. The molecule has 1 aliphatic carbocycles. The second-order valence-electron chi connectivity index (χ2n) is 4.99. The summed E-state index contributed by atoms with van der Waals surface area (Å²) in [5.41, 5.74) is 0. The molecule has 2 heteroatoms. The number of likely N-dealkylation sites (tertiary alicyclic amines) is 1. The Bertz CT molecular complexity index is 165. The number of hydrogen-bond donors (Lipinski definition) is 1. The third-order valence-corrected chi connectivity index (χ3v) is 3.47. The third-order valence-electron chi connectivity index (χ3n) is 3.47. The van der Waals surface area contributed by atoms with E-state index in [0.717, 1.165) is 17.9 Å². The van der Waals surface area contributed by atoms with Crippen LogP contribution < -0.4 is 5.32 Å². The second-order valence-corrected chi connectivity index (χ2v) is 4.99. The van der Waals surface area contributed by atoms with Gasteiger partial charge in [-0.3, -0.25) is 0 Å². The Labute approximate surface area is 81.7 Å². The van der Waals surface area contributed by atoms with Gasteiger partial charge in [-0.05, 0) is 51.2 Å². The van der Waals surface area contributed by atoms with Crippen molar-refractivity contribution >= 4 is 0 Å². The van der Waals surface area contributed by atoms with E-state index >= 15 is 0 Å². The average Bonchev–Trinajstić information content (AvgIpc) is 2.86. The molecule has 1 aliphatic heterocycles. The molecule has 2 unspecified atom stereocenters. The van der Waals surface area contributed by atoms with Crippen LogP contribution in [0.5, 0.6) is 0 Å². The van der Waals surface area contributed by atoms with E-state index in [9.17, 15) is 0 Å². The van der Waals surface area contributed by atoms with Crippen molar-refractivity contribution in [3.63, 3.8) is 0 Å². The Kier molecular flexibility index (Phi) is 2.89. The number of hydrogen-bond acceptors (Lipinski definition) is 2. The molecular weight excluding hydrogens is 160 g/mol. The van der Waals surface area contributed by atoms with Gasteiger partial charge < -0.3 is 10.2 Å². The fourth-order valence-corrected chi connectivity index (χ4v) is 2.30. The van der Waals surface area contributed by atoms with Gasteiger partial charge in [0.25, 0.3) is 0 Å². The molecule has 2 aliphatic rings. The highest BCUT2D eigenvalue weighted by Crippen LogP contribution is 2.28. The minimum Gasteiger partial charge on any atom is -0.313 e. The lowest BCUT2D eigenvalue weighted by molar-refractivity contribution is 0.174. The van der Waals surface area contributed by atoms with Crippen LogP contribution in [0.1, 0.15) is 26.2 Å². The zero-order valence-corrected chi connectivity index (χ0v) is 8.92. The van der Waals surface area contributed by atoms with Gasteiger partial charge in [0, 0.05) is 12.6 Å². The highest BCUT2D eigenvalue weighted by molar-refractivity contribution is 4.84. The second kappa shape index (κ2) is 3.97. The van der Waals surface area contributed by atoms with Gasteiger partial charge in [-0.25, -0.2) is 0 Å². The Morgan fingerprint density at radius 2 is 2.08 bits per heavy atom. The van der Waals surface area contributed by atoms with Crippen LogP contribution in [-0.4, -0.2) is 37.6 Å². The number of nitrogens with one attached hydrogen (secondary N) is 1. The van der Waals surface area contributed by atoms with Crippen LogP contribution in [0.4, 0.5) is 0 Å². The maximum absolute atomic E-state index is 3.73. The molecule has 13 heavy (non-hydrogen) atoms. The van der Waals surface area contributed by atoms with E-state index in [4.69, 9.17) is 0 Å². The normalized spacial score (nSPS) is 36.5. The van der Waals surface area contributed by atoms with Crippen molar-refractivity contribution in [2.75, 3.05) is 26.7 Å². The average molecular weight is 182 g/mol. The molecule has 0 aromatic rings. The molecule has 76 valence electrons. The molecular formula is C11H22N2. The standard InChI is InChI=1S/C11H22N2/c1-9-8-13(2)6-5-11(9)12-7-10-3-4-10/h9-12H,3-8H2,1-2H3. The molecule has 0 amide bonds. The van der Waals surface area contributed by atoms with Gasteiger partial charge in [-0.1, -0.05) is 6.92 Å². The van der Waals surface area contributed by atoms with Crippen molar-refractivity contribution in [1.82, 2.24) is 10.2 Å². The van der Waals surface area contributed by atoms with Gasteiger partial charge in [0.15, 0.2) is 0 Å². The van der Waals surface area contributed by atoms with Crippen molar-refractivity contribution in [2.24, 2.45) is 11.8 Å². The van der Waals surface area contributed by atoms with Crippen LogP contribution in [0.15, 0.2) is 0 Å². The van der Waals surface area contributed by atoms with Crippen LogP contribution in [0.2, 0.25) is 0 Å². The van der Waals surface area contributed by atoms with Crippen molar-refractivity contribution in [1.29, 1.82) is 0 Å². The van der Waals surface area contributed by atoms with E-state index in [0.29, 0.717) is 0 Å². The number of rotatable bonds is 3. The lowest BCUT2D eigenvalue weighted by Gasteiger charge is -2.35. The summed E-state index contributed by atoms with van der Waals surface area (Å²) in [5.74, 6) is 1.85. The highest BCUT2D eigenvalue weighted by atomic mass is 15.1. The van der Waals surface area contributed by atoms with E-state index in [1.807, 2.05) is 0 Å². The molecule has 2 rings (SSSR count). The third kappa shape index (κ3) is 2.68. The Morgan fingerprint density at radius 1 is 1.31 bits per heavy atom. The molecule has 2 atom stereocenters. The fourth-order valence-electron chi connectivity index (χ4n) is 2.30. The summed E-state index contributed by atoms with van der Waals surface area (Å²) in [6.45, 7) is 6.19. The van der Waals surface area contributed by atoms with Crippen LogP contribution in [0.3, 0.4) is 0 Å². The predicted molar refractivity (Wildman–Crippen MR) is 55.8 cm³/mol. The summed E-state index contributed by atoms with van der Waals surface area (Å²) in [4.78, 5) is 2.44. The van der Waals surface area contributed by atoms with Crippen molar-refractivity contribution < 1.29 is 0 Å². The minimum absolute atomic E-state index is 0.789. The van der Waals surface area contributed by atoms with E-state index in [1.54, 1.807) is 0 Å². The summed E-state index contributed by atoms with van der Waals surface area (Å²) < 4.78 is 0. The zero-order valence-electron chi connectivity index (χ0n) is 8.92. The molecule has 1 heterocycles. The monoisotopic (exact) mass is 182 g/mol. The predicted octanol–water partition coefficient (Wildman–Crippen LogP) is 1.33. The largest absolute Gasteiger partial charge is 0.313 e. The maximum atomic E-state index is 3.73. The Hall–Kier alpha value is -0.0800. The molecule has 2 nitrogen and oxygen atoms in total. The van der Waals surface area contributed by atoms with Gasteiger partial charge in [0.05, 0.1) is 0 Å². The van der Waals surface area contributed by atoms with Crippen LogP contribution >= 0.6 is 0 Å². The summed E-state index contributed by atoms with van der Waals surface area (Å²) >= 11 is 0. The molecule has 0 aromatic heterocycles. The van der Waals surface area contributed by atoms with Crippen molar-refractivity contribution in [2.45, 2.75) is 32.2 Å². The topological polar surface area (TPSA) is 15.3 Å². The fraction of sp³-hybridized carbons (Fsp3) is 1.00. The van der Waals surface area contributed by atoms with E-state index < -0.39 is 0 Å². The van der Waals surface area contributed by atoms with Gasteiger partial charge in [-0.2, -0.15) is 0 Å². The van der Waals surface area contributed by atoms with E-state index in [1.165, 1.54) is 38.9 Å². The molecule has 0 bridgehead atoms. The van der Waals surface area contributed by atoms with Gasteiger partial charge in [0.2, 0.25) is 0 Å². The summed E-state index contributed by atoms with van der Waals surface area (Å²) in [5, 5.41) is 3.73. The van der Waals surface area contributed by atoms with Crippen molar-refractivity contribution in [3.8, 4) is 0 Å². The summed E-state index contributed by atoms with van der Waals surface area (Å²) in [7, 11) is 2.23. The van der Waals surface area contributed by atoms with Crippen molar-refractivity contribution in [3.05, 3.63) is 0 Å². The molecule has 1 N–H and O–H groups in total. The molecule has 0 aromatic carbocycles. The zero-order chi connectivity index (χ0) is 9.26. The molecule has 0 spiro atoms. The Balaban J connectivity index is 1.71. The smallest absolute Gasteiger partial charge is 0.0117 e. The first-order valence-corrected chi connectivity index (χ1v) is 5.67. The molecule has 2 fully saturated rings. The molecule has 0 radical (unpaired) electrons. The minimum atomic E-state index is 0.789. The molecule has 1 saturated heterocycles. The number of nitrogens with zero attached hydrogens (tertiary/aromatic N) is 1. The van der Waals surface area contributed by atoms with E-state index in [2.05, 4.69) is 24.2 Å². The Morgan fingerprint density at radius 3 is 2.69 bits per heavy atom. The first kappa shape index (κ1) is 9.47. The van der Waals surface area contributed by atoms with Gasteiger partial charge in [-0.15, -0.1) is 0 Å². The lowest BCUT2D eigenvalue weighted by Crippen LogP contribution is -2.47. The van der Waals surface area contributed by atoms with Gasteiger partial charge >= 0.3 is 0 Å². The van der Waals surface area contributed by atoms with Crippen LogP contribution in [-0.2, 0) is 0 Å². The first-order chi connectivity index (χ1) is 6.25. The van der Waals surface area contributed by atoms with Crippen LogP contribution in [0, 0.1) is 11.8 Å². The number of piperidine rings is 1. The highest BCUT2D eigenvalue weighted by Gasteiger charge is 2.27. The SMILES string of the molecule is CC1CN(C)CCC1NCC1CC1. The maximum Gasteiger partial charge on any atom is 0.0117 e. The quantitative estimate of drug-likeness (QED) is 0.708. The van der Waals surface area contributed by atoms with Gasteiger partial charge in [0.1, 0.15) is 0 Å². The van der Waals surface area contributed by atoms with Crippen LogP contribution in [0.25, 0.3) is 0 Å². The van der Waals surface area contributed by atoms with E-state index in [-0.39, 0.29) is 0 Å². The first-order valence-electron chi connectivity index (χ1n) is 5.67. The summed E-state index contributed by atoms with van der Waals surface area (Å²) in [6.07, 6.45) is 4.27. The summed E-state index contributed by atoms with van der Waals surface area (Å²) in [6, 6.07) is 0.789. The molecule has 1 saturated carbocycles.